The lowest BCUT2D eigenvalue weighted by atomic mass is 9.84. The molecule has 5 fully saturated rings. The number of hydrogen-bond donors (Lipinski definition) is 3. The number of carbonyl (C=O) groups excluding carboxylic acids is 12. The van der Waals surface area contributed by atoms with Crippen molar-refractivity contribution in [1.82, 2.24) is 60.0 Å². The van der Waals surface area contributed by atoms with E-state index in [1.165, 1.54) is 89.6 Å². The molecule has 12 amide bonds. The number of carbonyl (C=O) groups is 12. The number of benzene rings is 1. The summed E-state index contributed by atoms with van der Waals surface area (Å²) < 4.78 is 41.3. The summed E-state index contributed by atoms with van der Waals surface area (Å²) >= 11 is 6.11. The highest BCUT2D eigenvalue weighted by atomic mass is 35.5. The maximum atomic E-state index is 14.9. The summed E-state index contributed by atoms with van der Waals surface area (Å²) in [5.41, 5.74) is -0.716. The molecule has 4 saturated heterocycles. The Labute approximate surface area is 594 Å². The van der Waals surface area contributed by atoms with Crippen LogP contribution < -0.4 is 16.0 Å². The fourth-order valence-electron chi connectivity index (χ4n) is 14.6. The number of halogens is 4. The first-order valence-electron chi connectivity index (χ1n) is 36.3. The Hall–Kier alpha value is -7.06. The van der Waals surface area contributed by atoms with E-state index in [1.54, 1.807) is 25.7 Å². The molecule has 0 aromatic heterocycles. The van der Waals surface area contributed by atoms with Gasteiger partial charge in [-0.15, -0.1) is 0 Å². The maximum Gasteiger partial charge on any atom is 0.417 e. The van der Waals surface area contributed by atoms with Crippen LogP contribution in [0.25, 0.3) is 0 Å². The Bertz CT molecular complexity index is 3070. The minimum Gasteiger partial charge on any atom is -0.354 e. The average molecular weight is 1430 g/mol. The normalized spacial score (nSPS) is 27.1. The number of alkyl halides is 3. The quantitative estimate of drug-likeness (QED) is 0.221. The Morgan fingerprint density at radius 2 is 1.26 bits per heavy atom. The molecule has 28 heteroatoms. The van der Waals surface area contributed by atoms with Gasteiger partial charge in [0.05, 0.1) is 23.6 Å². The van der Waals surface area contributed by atoms with Crippen molar-refractivity contribution in [3.05, 3.63) is 34.3 Å². The Morgan fingerprint density at radius 3 is 1.86 bits per heavy atom. The summed E-state index contributed by atoms with van der Waals surface area (Å²) in [6, 6.07) is -7.13. The summed E-state index contributed by atoms with van der Waals surface area (Å²) in [7, 11) is 8.74. The first-order valence-corrected chi connectivity index (χ1v) is 36.7. The second kappa shape index (κ2) is 37.2. The second-order valence-electron chi connectivity index (χ2n) is 29.4. The van der Waals surface area contributed by atoms with Crippen molar-refractivity contribution in [2.75, 3.05) is 81.6 Å². The van der Waals surface area contributed by atoms with Crippen LogP contribution in [0.15, 0.2) is 18.2 Å². The van der Waals surface area contributed by atoms with Crippen molar-refractivity contribution in [1.29, 1.82) is 0 Å². The van der Waals surface area contributed by atoms with E-state index in [2.05, 4.69) is 16.0 Å². The lowest BCUT2D eigenvalue weighted by molar-refractivity contribution is -0.160. The predicted octanol–water partition coefficient (Wildman–Crippen LogP) is 6.28. The fraction of sp³-hybridized carbons (Fsp3) is 0.750. The molecule has 560 valence electrons. The number of nitrogens with one attached hydrogen (secondary N) is 3. The number of amides is 12. The second-order valence-corrected chi connectivity index (χ2v) is 29.8. The van der Waals surface area contributed by atoms with Crippen LogP contribution in [-0.2, 0) is 70.1 Å². The van der Waals surface area contributed by atoms with Crippen molar-refractivity contribution in [3.63, 3.8) is 0 Å². The van der Waals surface area contributed by atoms with Crippen LogP contribution in [0, 0.1) is 23.7 Å². The Balaban J connectivity index is 1.33. The van der Waals surface area contributed by atoms with Gasteiger partial charge in [0.2, 0.25) is 70.9 Å². The topological polar surface area (TPSA) is 270 Å². The zero-order chi connectivity index (χ0) is 74.2. The van der Waals surface area contributed by atoms with Gasteiger partial charge in [0.25, 0.3) is 0 Å². The van der Waals surface area contributed by atoms with E-state index < -0.39 is 161 Å². The average Bonchev–Trinajstić information content (AvgIpc) is 0.913. The van der Waals surface area contributed by atoms with E-state index in [9.17, 15) is 70.7 Å². The van der Waals surface area contributed by atoms with Crippen LogP contribution in [0.4, 0.5) is 13.2 Å². The number of rotatable bonds is 11. The highest BCUT2D eigenvalue weighted by Gasteiger charge is 2.47. The molecule has 1 saturated carbocycles. The van der Waals surface area contributed by atoms with Gasteiger partial charge in [-0.3, -0.25) is 57.5 Å². The van der Waals surface area contributed by atoms with Gasteiger partial charge in [0.1, 0.15) is 54.4 Å². The number of aryl methyl sites for hydroxylation is 1. The minimum atomic E-state index is -4.73. The lowest BCUT2D eigenvalue weighted by Crippen LogP contribution is -2.65. The minimum absolute atomic E-state index is 0.0255. The third-order valence-corrected chi connectivity index (χ3v) is 21.7. The van der Waals surface area contributed by atoms with Gasteiger partial charge >= 0.3 is 6.18 Å². The number of likely N-dealkylation sites (N-methyl/N-ethyl adjacent to an activating group) is 6. The summed E-state index contributed by atoms with van der Waals surface area (Å²) in [5.74, 6) is -7.88. The molecule has 4 aliphatic heterocycles. The number of fused-ring (bicyclic) bond motifs is 2. The van der Waals surface area contributed by atoms with Crippen LogP contribution in [0.5, 0.6) is 0 Å². The standard InChI is InChI=1S/C72H112ClF3N12O12/c1-14-46(6)61-70(99)81(9)47(7)65(94)88-38-33-54(88)68(97)83(11)56(41-48-25-18-15-19-26-48)67(96)80(8)43-58(89)78-52(32-30-49-29-31-50(51(73)40-49)72(74,75)76)66(95)87-37-24-27-53(87)63(92)77-34-21-16-20-28-59(90)85(13)62(45(4)5)71(100)84(12)57(69(98)86-35-22-17-23-36-86)42-60(91)82(10)55(39-44(2)3)64(93)79-61/h29,31,40,44-48,52-57,61-62H,14-28,30,32-39,41-43H2,1-13H3,(H,77,92)(H,78,89)(H,79,93)/t46-,47-,52-,53-,54-,55-,56-,57-,61-,62-/m0/s1. The fourth-order valence-corrected chi connectivity index (χ4v) is 14.9. The van der Waals surface area contributed by atoms with Crippen LogP contribution in [0.3, 0.4) is 0 Å². The number of likely N-dealkylation sites (tertiary alicyclic amines) is 1. The molecule has 0 bridgehead atoms. The molecule has 6 rings (SSSR count). The Kier molecular flexibility index (Phi) is 30.5. The van der Waals surface area contributed by atoms with E-state index in [0.29, 0.717) is 50.8 Å². The van der Waals surface area contributed by atoms with E-state index >= 15 is 0 Å². The van der Waals surface area contributed by atoms with E-state index in [4.69, 9.17) is 11.6 Å². The molecular weight excluding hydrogens is 1320 g/mol. The molecule has 1 aliphatic carbocycles. The Morgan fingerprint density at radius 1 is 0.620 bits per heavy atom. The first kappa shape index (κ1) is 81.9. The highest BCUT2D eigenvalue weighted by Crippen LogP contribution is 2.36. The smallest absolute Gasteiger partial charge is 0.354 e. The third kappa shape index (κ3) is 21.1. The van der Waals surface area contributed by atoms with Crippen molar-refractivity contribution < 1.29 is 70.7 Å². The molecule has 3 N–H and O–H groups in total. The molecule has 4 heterocycles. The van der Waals surface area contributed by atoms with Crippen LogP contribution in [0.2, 0.25) is 5.02 Å². The molecule has 0 radical (unpaired) electrons. The van der Waals surface area contributed by atoms with Crippen molar-refractivity contribution in [3.8, 4) is 0 Å². The lowest BCUT2D eigenvalue weighted by Gasteiger charge is -2.45. The van der Waals surface area contributed by atoms with Gasteiger partial charge in [-0.25, -0.2) is 0 Å². The molecule has 1 aromatic carbocycles. The zero-order valence-corrected chi connectivity index (χ0v) is 62.0. The van der Waals surface area contributed by atoms with Crippen molar-refractivity contribution in [2.45, 2.75) is 244 Å². The van der Waals surface area contributed by atoms with Crippen LogP contribution >= 0.6 is 11.6 Å². The van der Waals surface area contributed by atoms with Crippen molar-refractivity contribution in [2.24, 2.45) is 23.7 Å². The predicted molar refractivity (Wildman–Crippen MR) is 371 cm³/mol. The van der Waals surface area contributed by atoms with Gasteiger partial charge < -0.3 is 60.0 Å². The molecular formula is C72H112ClF3N12O12. The van der Waals surface area contributed by atoms with Crippen molar-refractivity contribution >= 4 is 82.5 Å². The van der Waals surface area contributed by atoms with Crippen LogP contribution in [-0.4, -0.2) is 251 Å². The monoisotopic (exact) mass is 1430 g/mol. The van der Waals surface area contributed by atoms with E-state index in [0.717, 1.165) is 68.4 Å². The SMILES string of the molecule is CC[C@H](C)[C@@H]1NC(=O)[C@H](CC(C)C)N(C)C(=O)C[C@@H](C(=O)N2CCCCC2)N(C)C(=O)[C@H](C(C)C)N(C)C(=O)CCCCCNC(=O)[C@@H]2CCCN2C(=O)[C@H](CCc2ccc(C(F)(F)F)c(Cl)c2)NC(=O)CN(C)C(=O)[C@H](CC2CCCCC2)N(C)C(=O)[C@@H]2CCN2C(=O)[C@H](C)N(C)C1=O. The zero-order valence-electron chi connectivity index (χ0n) is 61.3. The summed E-state index contributed by atoms with van der Waals surface area (Å²) in [6.45, 7) is 13.1. The first-order chi connectivity index (χ1) is 47.1. The van der Waals surface area contributed by atoms with E-state index in [-0.39, 0.29) is 82.3 Å². The van der Waals surface area contributed by atoms with Gasteiger partial charge in [0, 0.05) is 81.4 Å². The molecule has 10 atom stereocenters. The number of nitrogens with zero attached hydrogens (tertiary/aromatic N) is 9. The number of hydrogen-bond acceptors (Lipinski definition) is 12. The van der Waals surface area contributed by atoms with Gasteiger partial charge in [0.15, 0.2) is 0 Å². The summed E-state index contributed by atoms with van der Waals surface area (Å²) in [4.78, 5) is 188. The molecule has 0 unspecified atom stereocenters. The molecule has 1 aromatic rings. The van der Waals surface area contributed by atoms with Gasteiger partial charge in [-0.1, -0.05) is 104 Å². The highest BCUT2D eigenvalue weighted by molar-refractivity contribution is 6.31. The molecule has 100 heavy (non-hydrogen) atoms. The van der Waals surface area contributed by atoms with Gasteiger partial charge in [-0.2, -0.15) is 13.2 Å². The largest absolute Gasteiger partial charge is 0.417 e. The maximum absolute atomic E-state index is 14.9. The number of piperidine rings is 1. The summed E-state index contributed by atoms with van der Waals surface area (Å²) in [6.07, 6.45) is 4.37. The van der Waals surface area contributed by atoms with E-state index in [1.807, 2.05) is 20.8 Å². The molecule has 5 aliphatic rings. The third-order valence-electron chi connectivity index (χ3n) is 21.4. The summed E-state index contributed by atoms with van der Waals surface area (Å²) in [5, 5.41) is 8.06. The molecule has 0 spiro atoms. The van der Waals surface area contributed by atoms with Gasteiger partial charge in [-0.05, 0) is 125 Å². The molecule has 24 nitrogen and oxygen atoms in total. The van der Waals surface area contributed by atoms with Crippen LogP contribution in [0.1, 0.15) is 188 Å².